The van der Waals surface area contributed by atoms with E-state index in [0.717, 1.165) is 18.7 Å². The first-order valence-electron chi connectivity index (χ1n) is 42.2. The average Bonchev–Trinajstić information content (AvgIpc) is 1.62. The molecule has 696 valence electrons. The summed E-state index contributed by atoms with van der Waals surface area (Å²) in [6.45, 7) is 13.4. The molecule has 43 heteroatoms. The van der Waals surface area contributed by atoms with Gasteiger partial charge in [0.05, 0.1) is 36.3 Å². The molecule has 2 heterocycles. The van der Waals surface area contributed by atoms with Crippen molar-refractivity contribution in [3.63, 3.8) is 0 Å². The molecular formula is C82H131N21O22. The van der Waals surface area contributed by atoms with Gasteiger partial charge in [-0.1, -0.05) is 53.7 Å². The van der Waals surface area contributed by atoms with E-state index in [0.29, 0.717) is 30.5 Å². The van der Waals surface area contributed by atoms with Crippen LogP contribution in [-0.4, -0.2) is 280 Å². The molecule has 0 spiro atoms. The number of hydrogen-bond acceptors (Lipinski definition) is 26. The van der Waals surface area contributed by atoms with Crippen LogP contribution in [0, 0.1) is 17.8 Å². The highest BCUT2D eigenvalue weighted by atomic mass is 16.4. The van der Waals surface area contributed by atoms with Crippen LogP contribution in [0.15, 0.2) is 42.5 Å². The Morgan fingerprint density at radius 3 is 1.36 bits per heavy atom. The van der Waals surface area contributed by atoms with Gasteiger partial charge in [0.15, 0.2) is 6.04 Å². The SMILES string of the molecule is CC(C)C[C@H](NC(=O)[C@H](CCCCN)NC(=O)[C@H](CC(C)C)NC(=O)[C@@H](NC(=O)[C@H](CC(N)=O)NC(=O)[C@H](CCC(N)=O)NC(=O)[C@H](CCCCN)NC(=O)[C@@H](NC(=O)[C@H](Cc1ccc(O)cc1)NC(=O)[C@H](CCCCN)NC(=O)[C@@H]1CCCN1C(=O)[C@@H](N)CN1C(=O)c2ccc(N(C)C)cc2C1=O)C(C)C)[C@@H](C)O)C(=O)N[C@@H](C)C(=O)N[C@H](C(=O)O)[C@@H](C)O. The van der Waals surface area contributed by atoms with Crippen LogP contribution in [0.25, 0.3) is 0 Å². The van der Waals surface area contributed by atoms with E-state index < -0.39 is 235 Å². The monoisotopic (exact) mass is 1760 g/mol. The Labute approximate surface area is 726 Å². The maximum atomic E-state index is 14.9. The van der Waals surface area contributed by atoms with Gasteiger partial charge in [-0.25, -0.2) is 4.79 Å². The second kappa shape index (κ2) is 51.7. The molecule has 0 unspecified atom stereocenters. The predicted octanol–water partition coefficient (Wildman–Crippen LogP) is -5.42. The van der Waals surface area contributed by atoms with E-state index in [1.54, 1.807) is 72.7 Å². The minimum absolute atomic E-state index is 0.00274. The highest BCUT2D eigenvalue weighted by Crippen LogP contribution is 2.28. The molecule has 4 rings (SSSR count). The van der Waals surface area contributed by atoms with Crippen molar-refractivity contribution in [1.29, 1.82) is 0 Å². The molecule has 2 aromatic carbocycles. The van der Waals surface area contributed by atoms with Gasteiger partial charge in [-0.3, -0.25) is 86.4 Å². The number of likely N-dealkylation sites (tertiary alicyclic amines) is 1. The number of nitrogens with two attached hydrogens (primary N) is 6. The topological polar surface area (TPSA) is 698 Å². The van der Waals surface area contributed by atoms with E-state index >= 15 is 0 Å². The van der Waals surface area contributed by atoms with Crippen LogP contribution in [0.1, 0.15) is 191 Å². The summed E-state index contributed by atoms with van der Waals surface area (Å²) in [5.74, 6) is -19.5. The molecule has 2 aromatic rings. The van der Waals surface area contributed by atoms with Gasteiger partial charge in [-0.2, -0.15) is 0 Å². The standard InChI is InChI=1S/C82H131N21O22/c1-41(2)35-57(72(114)89-44(7)67(109)100-66(46(9)105)82(124)125)94-69(111)53(19-12-15-31-83)90-73(115)58(36-42(3)4)97-78(120)65(45(8)104)99-75(117)60(39-63(88)108)96-71(113)56(29-30-62(87)107)91-68(110)55(21-14-17-33-85)93-77(119)64(43(5)6)98-74(116)59(37-47-23-26-49(106)27-24-47)95-70(112)54(20-13-16-32-84)92-76(118)61-22-18-34-102(61)81(123)52(86)40-103-79(121)50-28-25-48(101(10)11)38-51(50)80(103)122/h23-28,38,41-46,52-61,64-66,104-106H,12-22,29-37,39-40,83-86H2,1-11H3,(H2,87,107)(H2,88,108)(H,89,114)(H,90,115)(H,91,110)(H,92,118)(H,93,119)(H,94,111)(H,95,112)(H,96,113)(H,97,120)(H,98,116)(H,99,117)(H,100,109)(H,124,125)/t44-,45+,46+,52-,53-,54-,55-,56-,57-,58-,59-,60-,61-,64-,65-,66-/m0/s1. The van der Waals surface area contributed by atoms with Crippen LogP contribution in [0.3, 0.4) is 0 Å². The fraction of sp³-hybridized carbons (Fsp3) is 0.634. The maximum absolute atomic E-state index is 14.9. The van der Waals surface area contributed by atoms with Crippen molar-refractivity contribution in [3.05, 3.63) is 59.2 Å². The normalized spacial score (nSPS) is 16.7. The number of nitrogens with one attached hydrogen (secondary N) is 12. The molecule has 0 aliphatic carbocycles. The lowest BCUT2D eigenvalue weighted by Gasteiger charge is -2.30. The number of nitrogens with zero attached hydrogens (tertiary/aromatic N) is 3. The van der Waals surface area contributed by atoms with Crippen LogP contribution >= 0.6 is 0 Å². The van der Waals surface area contributed by atoms with Crippen LogP contribution < -0.4 is 103 Å². The zero-order chi connectivity index (χ0) is 94.0. The number of unbranched alkanes of at least 4 members (excludes halogenated alkanes) is 3. The van der Waals surface area contributed by atoms with E-state index in [1.165, 1.54) is 42.2 Å². The average molecular weight is 1760 g/mol. The smallest absolute Gasteiger partial charge is 0.328 e. The number of aromatic hydroxyl groups is 1. The van der Waals surface area contributed by atoms with E-state index in [2.05, 4.69) is 63.8 Å². The third-order valence-corrected chi connectivity index (χ3v) is 20.9. The minimum Gasteiger partial charge on any atom is -0.508 e. The molecule has 0 saturated carbocycles. The highest BCUT2D eigenvalue weighted by molar-refractivity contribution is 6.22. The first-order chi connectivity index (χ1) is 58.7. The maximum Gasteiger partial charge on any atom is 0.328 e. The summed E-state index contributed by atoms with van der Waals surface area (Å²) in [7, 11) is 3.52. The van der Waals surface area contributed by atoms with E-state index in [1.807, 2.05) is 0 Å². The molecule has 43 nitrogen and oxygen atoms in total. The zero-order valence-corrected chi connectivity index (χ0v) is 73.0. The van der Waals surface area contributed by atoms with Crippen LogP contribution in [0.2, 0.25) is 0 Å². The number of fused-ring (bicyclic) bond motifs is 1. The number of carboxylic acids is 1. The number of aliphatic hydroxyl groups excluding tert-OH is 2. The molecule has 17 amide bonds. The Kier molecular flexibility index (Phi) is 43.7. The fourth-order valence-electron chi connectivity index (χ4n) is 13.9. The summed E-state index contributed by atoms with van der Waals surface area (Å²) in [5, 5.41) is 70.7. The second-order valence-corrected chi connectivity index (χ2v) is 33.0. The third-order valence-electron chi connectivity index (χ3n) is 20.9. The number of amides is 17. The number of anilines is 1. The number of aliphatic carboxylic acids is 1. The van der Waals surface area contributed by atoms with Crippen molar-refractivity contribution in [2.75, 3.05) is 51.7 Å². The molecule has 125 heavy (non-hydrogen) atoms. The second-order valence-electron chi connectivity index (χ2n) is 33.0. The van der Waals surface area contributed by atoms with Gasteiger partial charge >= 0.3 is 5.97 Å². The Morgan fingerprint density at radius 1 is 0.472 bits per heavy atom. The molecule has 0 bridgehead atoms. The van der Waals surface area contributed by atoms with Gasteiger partial charge in [-0.15, -0.1) is 0 Å². The number of phenolic OH excluding ortho intramolecular Hbond substituents is 1. The van der Waals surface area contributed by atoms with Gasteiger partial charge in [-0.05, 0) is 184 Å². The number of imide groups is 1. The van der Waals surface area contributed by atoms with Crippen molar-refractivity contribution < 1.29 is 107 Å². The molecule has 16 atom stereocenters. The lowest BCUT2D eigenvalue weighted by Crippen LogP contribution is -2.62. The van der Waals surface area contributed by atoms with Crippen LogP contribution in [-0.2, 0) is 83.1 Å². The molecule has 1 saturated heterocycles. The van der Waals surface area contributed by atoms with Crippen molar-refractivity contribution >= 4 is 112 Å². The van der Waals surface area contributed by atoms with E-state index in [-0.39, 0.29) is 126 Å². The first kappa shape index (κ1) is 106. The molecule has 2 aliphatic rings. The molecule has 28 N–H and O–H groups in total. The summed E-state index contributed by atoms with van der Waals surface area (Å²) >= 11 is 0. The van der Waals surface area contributed by atoms with Gasteiger partial charge in [0, 0.05) is 39.2 Å². The van der Waals surface area contributed by atoms with Crippen LogP contribution in [0.5, 0.6) is 5.75 Å². The molecule has 1 fully saturated rings. The summed E-state index contributed by atoms with van der Waals surface area (Å²) in [6.07, 6.45) is -4.02. The summed E-state index contributed by atoms with van der Waals surface area (Å²) in [4.78, 5) is 254. The highest BCUT2D eigenvalue weighted by Gasteiger charge is 2.44. The van der Waals surface area contributed by atoms with E-state index in [4.69, 9.17) is 34.4 Å². The summed E-state index contributed by atoms with van der Waals surface area (Å²) in [5.41, 5.74) is 36.3. The number of rotatable bonds is 55. The van der Waals surface area contributed by atoms with Crippen molar-refractivity contribution in [2.24, 2.45) is 52.2 Å². The Balaban J connectivity index is 1.58. The van der Waals surface area contributed by atoms with E-state index in [9.17, 15) is 107 Å². The number of hydrogen-bond donors (Lipinski definition) is 22. The fourth-order valence-corrected chi connectivity index (χ4v) is 13.9. The van der Waals surface area contributed by atoms with Crippen LogP contribution in [0.4, 0.5) is 5.69 Å². The third kappa shape index (κ3) is 33.8. The predicted molar refractivity (Wildman–Crippen MR) is 455 cm³/mol. The zero-order valence-electron chi connectivity index (χ0n) is 73.0. The largest absolute Gasteiger partial charge is 0.508 e. The number of primary amides is 2. The lowest BCUT2D eigenvalue weighted by molar-refractivity contribution is -0.145. The Hall–Kier alpha value is -11.5. The number of benzene rings is 2. The Morgan fingerprint density at radius 2 is 0.888 bits per heavy atom. The molecule has 2 aliphatic heterocycles. The lowest BCUT2D eigenvalue weighted by atomic mass is 9.99. The molecule has 0 radical (unpaired) electrons. The Bertz CT molecular complexity index is 4090. The molecular weight excluding hydrogens is 1630 g/mol. The summed E-state index contributed by atoms with van der Waals surface area (Å²) < 4.78 is 0. The number of carbonyl (C=O) groups is 18. The van der Waals surface area contributed by atoms with Gasteiger partial charge in [0.1, 0.15) is 84.3 Å². The molecule has 0 aromatic heterocycles. The first-order valence-corrected chi connectivity index (χ1v) is 42.2. The van der Waals surface area contributed by atoms with Crippen molar-refractivity contribution in [1.82, 2.24) is 73.6 Å². The number of carboxylic acid groups (broad SMARTS) is 1. The van der Waals surface area contributed by atoms with Gasteiger partial charge in [0.25, 0.3) is 11.8 Å². The number of carbonyl (C=O) groups excluding carboxylic acids is 17. The summed E-state index contributed by atoms with van der Waals surface area (Å²) in [6, 6.07) is -11.6. The van der Waals surface area contributed by atoms with Crippen molar-refractivity contribution in [2.45, 2.75) is 268 Å². The van der Waals surface area contributed by atoms with Gasteiger partial charge < -0.3 is 128 Å². The number of phenols is 1. The minimum atomic E-state index is -2.02. The van der Waals surface area contributed by atoms with Gasteiger partial charge in [0.2, 0.25) is 88.6 Å². The quantitative estimate of drug-likeness (QED) is 0.0217. The number of aliphatic hydroxyl groups is 2. The van der Waals surface area contributed by atoms with Crippen molar-refractivity contribution in [3.8, 4) is 5.75 Å².